The van der Waals surface area contributed by atoms with E-state index in [1.807, 2.05) is 41.3 Å². The summed E-state index contributed by atoms with van der Waals surface area (Å²) >= 11 is 1.73. The quantitative estimate of drug-likeness (QED) is 0.783. The van der Waals surface area contributed by atoms with Gasteiger partial charge in [-0.15, -0.1) is 11.8 Å². The van der Waals surface area contributed by atoms with E-state index in [1.54, 1.807) is 18.0 Å². The van der Waals surface area contributed by atoms with Gasteiger partial charge in [0.05, 0.1) is 5.56 Å². The van der Waals surface area contributed by atoms with E-state index in [4.69, 9.17) is 0 Å². The van der Waals surface area contributed by atoms with E-state index in [0.29, 0.717) is 23.8 Å². The maximum atomic E-state index is 12.9. The first-order valence-electron chi connectivity index (χ1n) is 9.99. The molecule has 1 saturated heterocycles. The fourth-order valence-electron chi connectivity index (χ4n) is 3.86. The Morgan fingerprint density at radius 1 is 1.18 bits per heavy atom. The first-order chi connectivity index (χ1) is 13.7. The van der Waals surface area contributed by atoms with Crippen molar-refractivity contribution >= 4 is 29.3 Å². The summed E-state index contributed by atoms with van der Waals surface area (Å²) in [6, 6.07) is 11.4. The van der Waals surface area contributed by atoms with Crippen LogP contribution in [-0.2, 0) is 11.3 Å². The third-order valence-electron chi connectivity index (χ3n) is 5.33. The van der Waals surface area contributed by atoms with Crippen molar-refractivity contribution in [3.05, 3.63) is 53.7 Å². The molecule has 0 radical (unpaired) electrons. The zero-order valence-corrected chi connectivity index (χ0v) is 16.7. The molecule has 2 amide bonds. The van der Waals surface area contributed by atoms with Gasteiger partial charge < -0.3 is 10.2 Å². The van der Waals surface area contributed by atoms with Crippen molar-refractivity contribution in [3.8, 4) is 0 Å². The van der Waals surface area contributed by atoms with Crippen LogP contribution >= 0.6 is 11.8 Å². The zero-order chi connectivity index (χ0) is 19.3. The molecule has 146 valence electrons. The maximum absolute atomic E-state index is 12.9. The Balaban J connectivity index is 1.45. The van der Waals surface area contributed by atoms with Gasteiger partial charge >= 0.3 is 0 Å². The highest BCUT2D eigenvalue weighted by Gasteiger charge is 2.22. The van der Waals surface area contributed by atoms with E-state index in [9.17, 15) is 9.59 Å². The molecular formula is C22H25N3O2S. The smallest absolute Gasteiger partial charge is 0.258 e. The first kappa shape index (κ1) is 19.0. The Kier molecular flexibility index (Phi) is 5.95. The van der Waals surface area contributed by atoms with Crippen molar-refractivity contribution in [1.82, 2.24) is 9.88 Å². The minimum absolute atomic E-state index is 0.136. The van der Waals surface area contributed by atoms with Crippen molar-refractivity contribution in [2.24, 2.45) is 0 Å². The number of pyridine rings is 1. The molecule has 2 heterocycles. The highest BCUT2D eigenvalue weighted by molar-refractivity contribution is 7.99. The van der Waals surface area contributed by atoms with Gasteiger partial charge in [0.2, 0.25) is 5.91 Å². The normalized spacial score (nSPS) is 17.3. The van der Waals surface area contributed by atoms with E-state index < -0.39 is 0 Å². The maximum Gasteiger partial charge on any atom is 0.258 e. The molecule has 2 aliphatic rings. The van der Waals surface area contributed by atoms with Crippen LogP contribution in [0.4, 0.5) is 5.69 Å². The van der Waals surface area contributed by atoms with Crippen molar-refractivity contribution in [2.45, 2.75) is 55.3 Å². The number of carbonyl (C=O) groups is 2. The molecule has 28 heavy (non-hydrogen) atoms. The van der Waals surface area contributed by atoms with Crippen molar-refractivity contribution in [1.29, 1.82) is 0 Å². The highest BCUT2D eigenvalue weighted by atomic mass is 32.2. The summed E-state index contributed by atoms with van der Waals surface area (Å²) in [6.45, 7) is 1.41. The van der Waals surface area contributed by atoms with E-state index in [0.717, 1.165) is 29.2 Å². The number of anilines is 1. The molecule has 5 nitrogen and oxygen atoms in total. The van der Waals surface area contributed by atoms with Crippen LogP contribution in [-0.4, -0.2) is 33.5 Å². The minimum atomic E-state index is -0.136. The molecule has 1 aromatic carbocycles. The van der Waals surface area contributed by atoms with Crippen LogP contribution < -0.4 is 5.32 Å². The van der Waals surface area contributed by atoms with Gasteiger partial charge in [0, 0.05) is 36.6 Å². The summed E-state index contributed by atoms with van der Waals surface area (Å²) in [5.41, 5.74) is 2.40. The molecular weight excluding hydrogens is 370 g/mol. The van der Waals surface area contributed by atoms with Crippen LogP contribution in [0.25, 0.3) is 0 Å². The van der Waals surface area contributed by atoms with E-state index in [2.05, 4.69) is 10.3 Å². The van der Waals surface area contributed by atoms with Crippen LogP contribution in [0, 0.1) is 0 Å². The lowest BCUT2D eigenvalue weighted by Crippen LogP contribution is -2.23. The number of hydrogen-bond donors (Lipinski definition) is 1. The Labute approximate surface area is 169 Å². The van der Waals surface area contributed by atoms with E-state index in [-0.39, 0.29) is 11.8 Å². The molecule has 0 unspecified atom stereocenters. The molecule has 1 aliphatic heterocycles. The topological polar surface area (TPSA) is 62.3 Å². The highest BCUT2D eigenvalue weighted by Crippen LogP contribution is 2.35. The summed E-state index contributed by atoms with van der Waals surface area (Å²) in [7, 11) is 0. The lowest BCUT2D eigenvalue weighted by molar-refractivity contribution is -0.128. The Morgan fingerprint density at radius 2 is 2.04 bits per heavy atom. The number of nitrogens with one attached hydrogen (secondary N) is 1. The first-order valence-corrected chi connectivity index (χ1v) is 10.9. The van der Waals surface area contributed by atoms with Gasteiger partial charge in [0.1, 0.15) is 5.03 Å². The number of aromatic nitrogens is 1. The number of benzene rings is 1. The van der Waals surface area contributed by atoms with Crippen molar-refractivity contribution in [3.63, 3.8) is 0 Å². The lowest BCUT2D eigenvalue weighted by Gasteiger charge is -2.16. The van der Waals surface area contributed by atoms with Crippen LogP contribution in [0.5, 0.6) is 0 Å². The molecule has 1 aliphatic carbocycles. The fourth-order valence-corrected chi connectivity index (χ4v) is 5.15. The van der Waals surface area contributed by atoms with Gasteiger partial charge in [-0.25, -0.2) is 4.98 Å². The second kappa shape index (κ2) is 8.78. The Bertz CT molecular complexity index is 864. The number of carbonyl (C=O) groups excluding carboxylic acids is 2. The van der Waals surface area contributed by atoms with Gasteiger partial charge in [-0.1, -0.05) is 25.0 Å². The molecule has 2 aromatic rings. The summed E-state index contributed by atoms with van der Waals surface area (Å²) < 4.78 is 0. The summed E-state index contributed by atoms with van der Waals surface area (Å²) in [6.07, 6.45) is 8.23. The number of likely N-dealkylation sites (tertiary alicyclic amines) is 1. The number of thioether (sulfide) groups is 1. The summed E-state index contributed by atoms with van der Waals surface area (Å²) in [5.74, 6) is 0.0707. The van der Waals surface area contributed by atoms with Gasteiger partial charge in [0.15, 0.2) is 0 Å². The Morgan fingerprint density at radius 3 is 2.82 bits per heavy atom. The molecule has 0 bridgehead atoms. The van der Waals surface area contributed by atoms with Gasteiger partial charge in [-0.3, -0.25) is 9.59 Å². The zero-order valence-electron chi connectivity index (χ0n) is 15.9. The number of rotatable bonds is 6. The largest absolute Gasteiger partial charge is 0.338 e. The van der Waals surface area contributed by atoms with Crippen molar-refractivity contribution in [2.75, 3.05) is 11.9 Å². The van der Waals surface area contributed by atoms with Gasteiger partial charge in [0.25, 0.3) is 5.91 Å². The predicted molar refractivity (Wildman–Crippen MR) is 111 cm³/mol. The third kappa shape index (κ3) is 4.55. The molecule has 0 spiro atoms. The van der Waals surface area contributed by atoms with E-state index >= 15 is 0 Å². The predicted octanol–water partition coefficient (Wildman–Crippen LogP) is 4.49. The standard InChI is InChI=1S/C22H25N3O2S/c26-20-11-5-13-25(20)15-16-6-3-7-17(14-16)24-21(27)19-10-4-12-23-22(19)28-18-8-1-2-9-18/h3-4,6-7,10,12,14,18H,1-2,5,8-9,11,13,15H2,(H,24,27). The Hall–Kier alpha value is -2.34. The van der Waals surface area contributed by atoms with Gasteiger partial charge in [-0.05, 0) is 49.1 Å². The van der Waals surface area contributed by atoms with Crippen molar-refractivity contribution < 1.29 is 9.59 Å². The number of amides is 2. The van der Waals surface area contributed by atoms with Crippen LogP contribution in [0.2, 0.25) is 0 Å². The fraction of sp³-hybridized carbons (Fsp3) is 0.409. The summed E-state index contributed by atoms with van der Waals surface area (Å²) in [4.78, 5) is 31.1. The minimum Gasteiger partial charge on any atom is -0.338 e. The van der Waals surface area contributed by atoms with Gasteiger partial charge in [-0.2, -0.15) is 0 Å². The molecule has 6 heteroatoms. The van der Waals surface area contributed by atoms with Crippen LogP contribution in [0.3, 0.4) is 0 Å². The SMILES string of the molecule is O=C(Nc1cccc(CN2CCCC2=O)c1)c1cccnc1SC1CCCC1. The van der Waals surface area contributed by atoms with Crippen LogP contribution in [0.1, 0.15) is 54.4 Å². The van der Waals surface area contributed by atoms with Crippen LogP contribution in [0.15, 0.2) is 47.6 Å². The molecule has 1 aromatic heterocycles. The monoisotopic (exact) mass is 395 g/mol. The molecule has 1 N–H and O–H groups in total. The number of hydrogen-bond acceptors (Lipinski definition) is 4. The average Bonchev–Trinajstić information content (AvgIpc) is 3.35. The summed E-state index contributed by atoms with van der Waals surface area (Å²) in [5, 5.41) is 4.37. The number of nitrogens with zero attached hydrogens (tertiary/aromatic N) is 2. The molecule has 1 saturated carbocycles. The second-order valence-corrected chi connectivity index (χ2v) is 8.74. The second-order valence-electron chi connectivity index (χ2n) is 7.45. The molecule has 2 fully saturated rings. The average molecular weight is 396 g/mol. The third-order valence-corrected chi connectivity index (χ3v) is 6.68. The molecule has 0 atom stereocenters. The lowest BCUT2D eigenvalue weighted by atomic mass is 10.2. The molecule has 4 rings (SSSR count). The van der Waals surface area contributed by atoms with E-state index in [1.165, 1.54) is 25.7 Å².